The summed E-state index contributed by atoms with van der Waals surface area (Å²) in [6.07, 6.45) is 2.57. The molecule has 39 heavy (non-hydrogen) atoms. The topological polar surface area (TPSA) is 82.1 Å². The van der Waals surface area contributed by atoms with E-state index in [1.165, 1.54) is 10.4 Å². The molecule has 1 atom stereocenters. The van der Waals surface area contributed by atoms with Crippen molar-refractivity contribution in [2.24, 2.45) is 16.1 Å². The van der Waals surface area contributed by atoms with Crippen molar-refractivity contribution in [3.05, 3.63) is 60.7 Å². The Kier molecular flexibility index (Phi) is 11.6. The van der Waals surface area contributed by atoms with Gasteiger partial charge in [-0.1, -0.05) is 81.4 Å². The van der Waals surface area contributed by atoms with Gasteiger partial charge in [0.1, 0.15) is 0 Å². The highest BCUT2D eigenvalue weighted by Crippen LogP contribution is 2.37. The van der Waals surface area contributed by atoms with Crippen LogP contribution in [0, 0.1) is 5.92 Å². The van der Waals surface area contributed by atoms with Gasteiger partial charge in [-0.3, -0.25) is 10.9 Å². The smallest absolute Gasteiger partial charge is 0.261 e. The maximum Gasteiger partial charge on any atom is 0.261 e. The Morgan fingerprint density at radius 2 is 1.38 bits per heavy atom. The summed E-state index contributed by atoms with van der Waals surface area (Å²) in [6.45, 7) is 13.0. The predicted octanol–water partition coefficient (Wildman–Crippen LogP) is 4.04. The number of thiocarbonyl (C=S) groups is 2. The van der Waals surface area contributed by atoms with Crippen LogP contribution in [-0.2, 0) is 4.43 Å². The van der Waals surface area contributed by atoms with Gasteiger partial charge in [-0.15, -0.1) is 0 Å². The molecule has 4 N–H and O–H groups in total. The van der Waals surface area contributed by atoms with Crippen LogP contribution in [-0.4, -0.2) is 49.7 Å². The molecule has 0 amide bonds. The Bertz CT molecular complexity index is 1110. The van der Waals surface area contributed by atoms with Crippen LogP contribution < -0.4 is 31.9 Å². The molecule has 1 saturated carbocycles. The highest BCUT2D eigenvalue weighted by Gasteiger charge is 2.50. The van der Waals surface area contributed by atoms with Crippen molar-refractivity contribution in [2.75, 3.05) is 19.7 Å². The number of hydrogen-bond donors (Lipinski definition) is 4. The summed E-state index contributed by atoms with van der Waals surface area (Å²) in [5, 5.41) is 18.9. The molecule has 210 valence electrons. The van der Waals surface area contributed by atoms with Crippen molar-refractivity contribution in [3.8, 4) is 0 Å². The van der Waals surface area contributed by atoms with Gasteiger partial charge in [-0.05, 0) is 73.0 Å². The van der Waals surface area contributed by atoms with E-state index in [0.29, 0.717) is 16.8 Å². The third-order valence-corrected chi connectivity index (χ3v) is 12.4. The SMILES string of the molecule is CCNC(=S)NN=C1CCC(CCO[Si](c2ccccc2)(c2ccccc2)C(C)(C)C)/C1=N\NC(=S)NCC. The molecular weight excluding hydrogens is 541 g/mol. The van der Waals surface area contributed by atoms with Crippen LogP contribution in [0.5, 0.6) is 0 Å². The molecule has 1 fully saturated rings. The van der Waals surface area contributed by atoms with Crippen LogP contribution in [0.15, 0.2) is 70.9 Å². The zero-order valence-electron chi connectivity index (χ0n) is 23.7. The van der Waals surface area contributed by atoms with Gasteiger partial charge in [-0.25, -0.2) is 0 Å². The minimum atomic E-state index is -2.60. The number of hydrogen-bond acceptors (Lipinski definition) is 5. The molecule has 7 nitrogen and oxygen atoms in total. The summed E-state index contributed by atoms with van der Waals surface area (Å²) >= 11 is 10.7. The second kappa shape index (κ2) is 14.6. The Balaban J connectivity index is 1.86. The lowest BCUT2D eigenvalue weighted by molar-refractivity contribution is 0.278. The van der Waals surface area contributed by atoms with Crippen LogP contribution in [0.25, 0.3) is 0 Å². The predicted molar refractivity (Wildman–Crippen MR) is 175 cm³/mol. The lowest BCUT2D eigenvalue weighted by Gasteiger charge is -2.43. The first-order chi connectivity index (χ1) is 18.7. The lowest BCUT2D eigenvalue weighted by atomic mass is 10.0. The Morgan fingerprint density at radius 3 is 1.87 bits per heavy atom. The van der Waals surface area contributed by atoms with E-state index in [2.05, 4.69) is 108 Å². The Hall–Kier alpha value is -2.66. The lowest BCUT2D eigenvalue weighted by Crippen LogP contribution is -2.66. The largest absolute Gasteiger partial charge is 0.407 e. The molecule has 1 aliphatic rings. The first kappa shape index (κ1) is 30.9. The summed E-state index contributed by atoms with van der Waals surface area (Å²) in [7, 11) is -2.60. The van der Waals surface area contributed by atoms with Crippen molar-refractivity contribution in [2.45, 2.75) is 58.9 Å². The summed E-state index contributed by atoms with van der Waals surface area (Å²) in [5.41, 5.74) is 7.74. The fraction of sp³-hybridized carbons (Fsp3) is 0.448. The monoisotopic (exact) mass is 582 g/mol. The Morgan fingerprint density at radius 1 is 0.872 bits per heavy atom. The second-order valence-corrected chi connectivity index (χ2v) is 15.7. The molecule has 0 aliphatic heterocycles. The van der Waals surface area contributed by atoms with Gasteiger partial charge in [0.2, 0.25) is 0 Å². The molecule has 0 aromatic heterocycles. The molecule has 10 heteroatoms. The number of hydrazone groups is 2. The fourth-order valence-electron chi connectivity index (χ4n) is 5.11. The van der Waals surface area contributed by atoms with E-state index in [9.17, 15) is 0 Å². The molecule has 2 aromatic carbocycles. The molecule has 2 aromatic rings. The van der Waals surface area contributed by atoms with Crippen molar-refractivity contribution in [1.82, 2.24) is 21.5 Å². The molecule has 0 spiro atoms. The minimum absolute atomic E-state index is 0.0691. The van der Waals surface area contributed by atoms with Crippen LogP contribution in [0.3, 0.4) is 0 Å². The van der Waals surface area contributed by atoms with E-state index in [4.69, 9.17) is 34.0 Å². The van der Waals surface area contributed by atoms with E-state index < -0.39 is 8.32 Å². The van der Waals surface area contributed by atoms with Gasteiger partial charge in [0.15, 0.2) is 10.2 Å². The van der Waals surface area contributed by atoms with Gasteiger partial charge in [-0.2, -0.15) is 10.2 Å². The maximum absolute atomic E-state index is 7.15. The number of nitrogens with zero attached hydrogens (tertiary/aromatic N) is 2. The van der Waals surface area contributed by atoms with Crippen LogP contribution in [0.4, 0.5) is 0 Å². The average molecular weight is 583 g/mol. The van der Waals surface area contributed by atoms with E-state index in [-0.39, 0.29) is 11.0 Å². The summed E-state index contributed by atoms with van der Waals surface area (Å²) in [6, 6.07) is 21.5. The summed E-state index contributed by atoms with van der Waals surface area (Å²) < 4.78 is 7.15. The van der Waals surface area contributed by atoms with Gasteiger partial charge in [0, 0.05) is 25.6 Å². The molecule has 0 radical (unpaired) electrons. The maximum atomic E-state index is 7.15. The van der Waals surface area contributed by atoms with Crippen molar-refractivity contribution < 1.29 is 4.43 Å². The molecule has 1 unspecified atom stereocenters. The molecule has 3 rings (SSSR count). The normalized spacial score (nSPS) is 17.7. The standard InChI is InChI=1S/C29H42N6OS2Si/c1-6-30-27(37)34-32-25-19-18-22(26(25)33-35-28(38)31-7-2)20-21-36-39(29(3,4)5,23-14-10-8-11-15-23)24-16-12-9-13-17-24/h8-17,22H,6-7,18-21H2,1-5H3,(H2,30,34,37)(H2,31,35,38)/b32-25?,33-26+. The molecule has 0 heterocycles. The van der Waals surface area contributed by atoms with E-state index in [1.54, 1.807) is 0 Å². The van der Waals surface area contributed by atoms with Crippen molar-refractivity contribution in [3.63, 3.8) is 0 Å². The van der Waals surface area contributed by atoms with E-state index >= 15 is 0 Å². The van der Waals surface area contributed by atoms with Gasteiger partial charge in [0.25, 0.3) is 8.32 Å². The summed E-state index contributed by atoms with van der Waals surface area (Å²) in [4.78, 5) is 0. The molecule has 0 saturated heterocycles. The average Bonchev–Trinajstić information content (AvgIpc) is 3.30. The van der Waals surface area contributed by atoms with Gasteiger partial charge in [0.05, 0.1) is 11.4 Å². The second-order valence-electron chi connectivity index (χ2n) is 10.5. The van der Waals surface area contributed by atoms with Gasteiger partial charge >= 0.3 is 0 Å². The van der Waals surface area contributed by atoms with Crippen molar-refractivity contribution >= 4 is 64.8 Å². The fourth-order valence-corrected chi connectivity index (χ4v) is 10.1. The first-order valence-corrected chi connectivity index (χ1v) is 16.4. The van der Waals surface area contributed by atoms with Crippen LogP contribution >= 0.6 is 24.4 Å². The third-order valence-electron chi connectivity index (χ3n) is 6.86. The Labute approximate surface area is 245 Å². The molecule has 1 aliphatic carbocycles. The van der Waals surface area contributed by atoms with Crippen molar-refractivity contribution in [1.29, 1.82) is 0 Å². The summed E-state index contributed by atoms with van der Waals surface area (Å²) in [5.74, 6) is 0.188. The molecular formula is C29H42N6OS2Si. The first-order valence-electron chi connectivity index (χ1n) is 13.7. The van der Waals surface area contributed by atoms with E-state index in [1.807, 2.05) is 13.8 Å². The highest BCUT2D eigenvalue weighted by molar-refractivity contribution is 7.80. The van der Waals surface area contributed by atoms with Crippen LogP contribution in [0.2, 0.25) is 5.04 Å². The van der Waals surface area contributed by atoms with Crippen LogP contribution in [0.1, 0.15) is 53.9 Å². The highest BCUT2D eigenvalue weighted by atomic mass is 32.1. The van der Waals surface area contributed by atoms with Gasteiger partial charge < -0.3 is 15.1 Å². The number of benzene rings is 2. The van der Waals surface area contributed by atoms with E-state index in [0.717, 1.165) is 43.8 Å². The molecule has 0 bridgehead atoms. The zero-order chi connectivity index (χ0) is 28.3. The quantitative estimate of drug-likeness (QED) is 0.191. The third kappa shape index (κ3) is 7.94. The zero-order valence-corrected chi connectivity index (χ0v) is 26.3. The minimum Gasteiger partial charge on any atom is -0.407 e. The number of rotatable bonds is 10. The number of nitrogens with one attached hydrogen (secondary N) is 4.